The Hall–Kier alpha value is -3.86. The molecule has 2 aliphatic heterocycles. The van der Waals surface area contributed by atoms with Gasteiger partial charge in [0.2, 0.25) is 0 Å². The number of carbonyl (C=O) groups excluding carboxylic acids is 3. The van der Waals surface area contributed by atoms with Crippen LogP contribution >= 0.6 is 0 Å². The highest BCUT2D eigenvalue weighted by atomic mass is 19.4. The van der Waals surface area contributed by atoms with E-state index in [1.165, 1.54) is 41.2 Å². The number of halogens is 3. The first kappa shape index (κ1) is 29.6. The molecule has 2 atom stereocenters. The van der Waals surface area contributed by atoms with Crippen molar-refractivity contribution in [3.63, 3.8) is 0 Å². The molecule has 42 heavy (non-hydrogen) atoms. The molecule has 2 unspecified atom stereocenters. The summed E-state index contributed by atoms with van der Waals surface area (Å²) in [6, 6.07) is 3.49. The van der Waals surface area contributed by atoms with Gasteiger partial charge in [-0.2, -0.15) is 13.2 Å². The number of benzene rings is 1. The number of likely N-dealkylation sites (tertiary alicyclic amines) is 1. The summed E-state index contributed by atoms with van der Waals surface area (Å²) in [5, 5.41) is 2.93. The summed E-state index contributed by atoms with van der Waals surface area (Å²) in [4.78, 5) is 46.9. The molecule has 1 aromatic carbocycles. The molecule has 2 aliphatic carbocycles. The van der Waals surface area contributed by atoms with Crippen molar-refractivity contribution in [1.82, 2.24) is 20.0 Å². The first-order valence-corrected chi connectivity index (χ1v) is 14.6. The number of nitrogens with zero attached hydrogens (tertiary/aromatic N) is 4. The van der Waals surface area contributed by atoms with Crippen LogP contribution < -0.4 is 10.2 Å². The predicted molar refractivity (Wildman–Crippen MR) is 154 cm³/mol. The summed E-state index contributed by atoms with van der Waals surface area (Å²) in [5.41, 5.74) is -0.0828. The highest BCUT2D eigenvalue weighted by Crippen LogP contribution is 2.39. The van der Waals surface area contributed by atoms with E-state index in [4.69, 9.17) is 0 Å². The van der Waals surface area contributed by atoms with Gasteiger partial charge < -0.3 is 15.1 Å². The average Bonchev–Trinajstić information content (AvgIpc) is 3.08. The Bertz CT molecular complexity index is 1310. The number of likely N-dealkylation sites (N-methyl/N-ethyl adjacent to an activating group) is 1. The van der Waals surface area contributed by atoms with Gasteiger partial charge in [0.05, 0.1) is 23.3 Å². The second-order valence-electron chi connectivity index (χ2n) is 10.9. The van der Waals surface area contributed by atoms with Crippen molar-refractivity contribution in [3.05, 3.63) is 77.6 Å². The van der Waals surface area contributed by atoms with Crippen LogP contribution in [0.3, 0.4) is 0 Å². The maximum Gasteiger partial charge on any atom is 0.416 e. The average molecular weight is 584 g/mol. The zero-order chi connectivity index (χ0) is 29.9. The molecule has 1 aromatic rings. The highest BCUT2D eigenvalue weighted by molar-refractivity contribution is 6.15. The number of fused-ring (bicyclic) bond motifs is 1. The van der Waals surface area contributed by atoms with Crippen LogP contribution in [0, 0.1) is 0 Å². The maximum absolute atomic E-state index is 14.2. The van der Waals surface area contributed by atoms with Gasteiger partial charge in [-0.25, -0.2) is 14.5 Å². The van der Waals surface area contributed by atoms with Crippen LogP contribution in [0.5, 0.6) is 0 Å². The number of hydrogen-bond donors (Lipinski definition) is 1. The van der Waals surface area contributed by atoms with Crippen LogP contribution in [0.25, 0.3) is 0 Å². The van der Waals surface area contributed by atoms with E-state index in [-0.39, 0.29) is 30.3 Å². The molecule has 1 N–H and O–H groups in total. The van der Waals surface area contributed by atoms with Crippen molar-refractivity contribution in [2.75, 3.05) is 37.6 Å². The third kappa shape index (κ3) is 6.16. The Labute approximate surface area is 243 Å². The fourth-order valence-corrected chi connectivity index (χ4v) is 5.99. The molecular weight excluding hydrogens is 547 g/mol. The van der Waals surface area contributed by atoms with Gasteiger partial charge in [-0.3, -0.25) is 9.69 Å². The molecule has 5 amide bonds. The Morgan fingerprint density at radius 2 is 1.74 bits per heavy atom. The van der Waals surface area contributed by atoms with E-state index < -0.39 is 35.9 Å². The van der Waals surface area contributed by atoms with Gasteiger partial charge in [-0.15, -0.1) is 0 Å². The van der Waals surface area contributed by atoms with Gasteiger partial charge in [-0.1, -0.05) is 36.8 Å². The van der Waals surface area contributed by atoms with E-state index >= 15 is 0 Å². The van der Waals surface area contributed by atoms with Crippen LogP contribution in [0.4, 0.5) is 28.4 Å². The molecule has 0 radical (unpaired) electrons. The van der Waals surface area contributed by atoms with E-state index in [1.54, 1.807) is 31.2 Å². The predicted octanol–water partition coefficient (Wildman–Crippen LogP) is 5.62. The Morgan fingerprint density at radius 3 is 2.38 bits per heavy atom. The van der Waals surface area contributed by atoms with Gasteiger partial charge in [0.1, 0.15) is 0 Å². The van der Waals surface area contributed by atoms with Crippen LogP contribution in [0.15, 0.2) is 72.0 Å². The lowest BCUT2D eigenvalue weighted by Crippen LogP contribution is -2.49. The fraction of sp³-hybridized carbons (Fsp3) is 0.452. The van der Waals surface area contributed by atoms with Crippen LogP contribution in [-0.4, -0.2) is 83.7 Å². The number of amides is 5. The molecule has 11 heteroatoms. The summed E-state index contributed by atoms with van der Waals surface area (Å²) in [6.45, 7) is 5.27. The van der Waals surface area contributed by atoms with Crippen LogP contribution in [0.2, 0.25) is 0 Å². The second kappa shape index (κ2) is 12.6. The van der Waals surface area contributed by atoms with Crippen molar-refractivity contribution in [1.29, 1.82) is 0 Å². The highest BCUT2D eigenvalue weighted by Gasteiger charge is 2.47. The van der Waals surface area contributed by atoms with E-state index in [9.17, 15) is 27.6 Å². The number of hydrogen-bond acceptors (Lipinski definition) is 4. The topological polar surface area (TPSA) is 76.2 Å². The number of anilines is 1. The van der Waals surface area contributed by atoms with Crippen molar-refractivity contribution in [2.24, 2.45) is 0 Å². The molecule has 0 spiro atoms. The number of nitrogens with one attached hydrogen (secondary N) is 1. The van der Waals surface area contributed by atoms with Crippen LogP contribution in [0.1, 0.15) is 49.4 Å². The van der Waals surface area contributed by atoms with Gasteiger partial charge in [-0.05, 0) is 76.0 Å². The Kier molecular flexibility index (Phi) is 8.86. The maximum atomic E-state index is 14.2. The number of piperidine rings is 1. The van der Waals surface area contributed by atoms with Gasteiger partial charge in [0.15, 0.2) is 0 Å². The monoisotopic (exact) mass is 583 g/mol. The Morgan fingerprint density at radius 1 is 1.00 bits per heavy atom. The molecule has 4 aliphatic rings. The molecule has 8 nitrogen and oxygen atoms in total. The number of alkyl halides is 3. The molecule has 0 bridgehead atoms. The summed E-state index contributed by atoms with van der Waals surface area (Å²) in [6.07, 6.45) is 8.53. The van der Waals surface area contributed by atoms with Crippen molar-refractivity contribution >= 4 is 23.7 Å². The fourth-order valence-electron chi connectivity index (χ4n) is 5.99. The summed E-state index contributed by atoms with van der Waals surface area (Å²) in [7, 11) is 0. The first-order valence-electron chi connectivity index (χ1n) is 14.6. The lowest BCUT2D eigenvalue weighted by molar-refractivity contribution is -0.0890. The van der Waals surface area contributed by atoms with Gasteiger partial charge >= 0.3 is 18.2 Å². The lowest BCUT2D eigenvalue weighted by atomic mass is 9.95. The minimum absolute atomic E-state index is 0.0688. The SMILES string of the molecule is CCN1C(=O)N(c2ccc(C(=O)NCCN3CCCCC3)cc2)C(=O)N(C2C=CC=CC2)C2=CC(C(F)(F)F)=CCC21. The summed E-state index contributed by atoms with van der Waals surface area (Å²) >= 11 is 0. The number of rotatable bonds is 7. The smallest absolute Gasteiger partial charge is 0.351 e. The largest absolute Gasteiger partial charge is 0.416 e. The zero-order valence-corrected chi connectivity index (χ0v) is 23.6. The molecule has 5 rings (SSSR count). The molecule has 2 saturated heterocycles. The molecule has 2 fully saturated rings. The minimum Gasteiger partial charge on any atom is -0.351 e. The summed E-state index contributed by atoms with van der Waals surface area (Å²) in [5.74, 6) is -0.259. The van der Waals surface area contributed by atoms with E-state index in [2.05, 4.69) is 10.2 Å². The molecule has 224 valence electrons. The third-order valence-corrected chi connectivity index (χ3v) is 8.20. The molecule has 0 saturated carbocycles. The number of carbonyl (C=O) groups is 3. The third-order valence-electron chi connectivity index (χ3n) is 8.20. The number of imide groups is 1. The van der Waals surface area contributed by atoms with Crippen molar-refractivity contribution in [3.8, 4) is 0 Å². The number of urea groups is 2. The molecule has 0 aromatic heterocycles. The first-order chi connectivity index (χ1) is 20.2. The minimum atomic E-state index is -4.59. The standard InChI is InChI=1S/C31H36F3N5O3/c1-2-37-26-16-13-23(31(32,33)34)21-27(26)38(24-9-5-3-6-10-24)30(42)39(29(37)41)25-14-11-22(12-15-25)28(40)35-17-20-36-18-7-4-8-19-36/h3,5-6,9,11-15,21,24,26H,2,4,7-8,10,16-20H2,1H3,(H,35,40). The lowest BCUT2D eigenvalue weighted by Gasteiger charge is -2.37. The van der Waals surface area contributed by atoms with E-state index in [0.717, 1.165) is 36.7 Å². The molecular formula is C31H36F3N5O3. The molecule has 2 heterocycles. The van der Waals surface area contributed by atoms with Crippen LogP contribution in [-0.2, 0) is 0 Å². The van der Waals surface area contributed by atoms with E-state index in [1.807, 2.05) is 12.2 Å². The summed E-state index contributed by atoms with van der Waals surface area (Å²) < 4.78 is 41.3. The normalized spacial score (nSPS) is 23.4. The second-order valence-corrected chi connectivity index (χ2v) is 10.9. The van der Waals surface area contributed by atoms with Gasteiger partial charge in [0.25, 0.3) is 5.91 Å². The van der Waals surface area contributed by atoms with E-state index in [0.29, 0.717) is 18.5 Å². The quantitative estimate of drug-likeness (QED) is 0.453. The Balaban J connectivity index is 1.42. The van der Waals surface area contributed by atoms with Crippen molar-refractivity contribution < 1.29 is 27.6 Å². The zero-order valence-electron chi connectivity index (χ0n) is 23.6. The van der Waals surface area contributed by atoms with Gasteiger partial charge in [0, 0.05) is 30.9 Å². The van der Waals surface area contributed by atoms with Crippen molar-refractivity contribution in [2.45, 2.75) is 57.3 Å². The number of allylic oxidation sites excluding steroid dienone is 4.